The van der Waals surface area contributed by atoms with Crippen molar-refractivity contribution in [2.45, 2.75) is 0 Å². The molecule has 0 saturated carbocycles. The Bertz CT molecular complexity index is 7.51. The average molecular weight is 265 g/mol. The molecule has 0 heterocycles. The Morgan fingerprint density at radius 2 is 0.833 bits per heavy atom. The quantitative estimate of drug-likeness (QED) is 0.591. The summed E-state index contributed by atoms with van der Waals surface area (Å²) >= 11 is 0. The van der Waals surface area contributed by atoms with E-state index in [1.54, 1.807) is 0 Å². The smallest absolute Gasteiger partial charge is 2.00 e. The molecule has 40 valence electrons. The van der Waals surface area contributed by atoms with Gasteiger partial charge in [0.25, 0.3) is 0 Å². The predicted molar refractivity (Wildman–Crippen MR) is 11.9 cm³/mol. The van der Waals surface area contributed by atoms with Crippen LogP contribution in [0.15, 0.2) is 0 Å². The summed E-state index contributed by atoms with van der Waals surface area (Å²) in [5, 5.41) is 0. The molecule has 6 heteroatoms. The first-order valence-corrected chi connectivity index (χ1v) is 0. The molecule has 0 amide bonds. The Labute approximate surface area is 51.1 Å². The van der Waals surface area contributed by atoms with E-state index in [1.165, 1.54) is 0 Å². The predicted octanol–water partition coefficient (Wildman–Crippen LogP) is -1.08. The third-order valence-electron chi connectivity index (χ3n) is 0. The number of rotatable bonds is 0. The molecule has 0 aromatic heterocycles. The van der Waals surface area contributed by atoms with Crippen molar-refractivity contribution in [3.8, 4) is 0 Å². The molecule has 0 spiro atoms. The van der Waals surface area contributed by atoms with E-state index in [0.717, 1.165) is 0 Å². The van der Waals surface area contributed by atoms with Gasteiger partial charge < -0.3 is 28.1 Å². The summed E-state index contributed by atoms with van der Waals surface area (Å²) in [7, 11) is 0. The Hall–Kier alpha value is 0.540. The number of hydrogen-bond donors (Lipinski definition) is 1. The average Bonchev–Trinajstić information content (AvgIpc) is 0. The largest absolute Gasteiger partial charge is 5.00 e. The molecule has 0 saturated heterocycles. The van der Waals surface area contributed by atoms with Gasteiger partial charge in [0.1, 0.15) is 0 Å². The molecule has 0 aliphatic heterocycles. The molecule has 0 bridgehead atoms. The van der Waals surface area contributed by atoms with E-state index in [-0.39, 0.29) is 50.4 Å². The SMILES string of the molecule is N.O.[O-2].[O-2].[OH-].[Ta+5]. The molecule has 0 aromatic rings. The molecule has 0 fully saturated rings. The zero-order valence-corrected chi connectivity index (χ0v) is 6.13. The van der Waals surface area contributed by atoms with E-state index in [2.05, 4.69) is 0 Å². The molecule has 0 aliphatic carbocycles. The molecule has 0 aliphatic rings. The second-order valence-corrected chi connectivity index (χ2v) is 0. The van der Waals surface area contributed by atoms with Crippen molar-refractivity contribution >= 4 is 0 Å². The Morgan fingerprint density at radius 1 is 0.833 bits per heavy atom. The second-order valence-electron chi connectivity index (χ2n) is 0. The minimum Gasteiger partial charge on any atom is -2.00 e. The van der Waals surface area contributed by atoms with Gasteiger partial charge in [0.05, 0.1) is 0 Å². The van der Waals surface area contributed by atoms with E-state index in [0.29, 0.717) is 0 Å². The van der Waals surface area contributed by atoms with Crippen LogP contribution in [0.1, 0.15) is 0 Å². The summed E-state index contributed by atoms with van der Waals surface area (Å²) in [5.74, 6) is 0. The van der Waals surface area contributed by atoms with Gasteiger partial charge in [-0.05, 0) is 0 Å². The minimum absolute atomic E-state index is 0. The standard InChI is InChI=1S/H3N.2H2O.2O.Ta/h1H3;2*1H2;;;/q;;;2*-2;+5/p-1. The molecule has 0 rings (SSSR count). The first-order valence-electron chi connectivity index (χ1n) is 0. The minimum atomic E-state index is 0. The topological polar surface area (TPSA) is 154 Å². The van der Waals surface area contributed by atoms with Crippen molar-refractivity contribution in [3.63, 3.8) is 0 Å². The molecule has 0 atom stereocenters. The summed E-state index contributed by atoms with van der Waals surface area (Å²) in [6.45, 7) is 0. The van der Waals surface area contributed by atoms with Crippen molar-refractivity contribution in [2.24, 2.45) is 0 Å². The van der Waals surface area contributed by atoms with Crippen LogP contribution in [-0.2, 0) is 33.3 Å². The van der Waals surface area contributed by atoms with Gasteiger partial charge >= 0.3 is 22.4 Å². The van der Waals surface area contributed by atoms with Crippen molar-refractivity contribution in [2.75, 3.05) is 0 Å². The van der Waals surface area contributed by atoms with Gasteiger partial charge in [-0.25, -0.2) is 0 Å². The van der Waals surface area contributed by atoms with E-state index in [1.807, 2.05) is 0 Å². The molecule has 0 aromatic carbocycles. The van der Waals surface area contributed by atoms with Crippen LogP contribution in [0.25, 0.3) is 0 Å². The van der Waals surface area contributed by atoms with Crippen molar-refractivity contribution in [3.05, 3.63) is 0 Å². The van der Waals surface area contributed by atoms with Crippen molar-refractivity contribution < 1.29 is 44.3 Å². The van der Waals surface area contributed by atoms with Crippen LogP contribution >= 0.6 is 0 Å². The summed E-state index contributed by atoms with van der Waals surface area (Å²) in [6.07, 6.45) is 0. The first kappa shape index (κ1) is 688. The van der Waals surface area contributed by atoms with Gasteiger partial charge in [0, 0.05) is 0 Å². The zero-order chi connectivity index (χ0) is 0. The summed E-state index contributed by atoms with van der Waals surface area (Å²) in [4.78, 5) is 0. The maximum atomic E-state index is 0. The third kappa shape index (κ3) is 195. The van der Waals surface area contributed by atoms with Gasteiger partial charge in [0.15, 0.2) is 0 Å². The molecular formula is H6NO4Ta. The Kier molecular flexibility index (Phi) is 44900. The molecule has 0 radical (unpaired) electrons. The fourth-order valence-electron chi connectivity index (χ4n) is 0. The monoisotopic (exact) mass is 265 g/mol. The van der Waals surface area contributed by atoms with Crippen LogP contribution in [0.4, 0.5) is 0 Å². The Morgan fingerprint density at radius 3 is 0.833 bits per heavy atom. The first-order chi connectivity index (χ1) is 0. The maximum Gasteiger partial charge on any atom is 5.00 e. The van der Waals surface area contributed by atoms with E-state index < -0.39 is 0 Å². The summed E-state index contributed by atoms with van der Waals surface area (Å²) in [6, 6.07) is 0. The van der Waals surface area contributed by atoms with Crippen LogP contribution in [0.2, 0.25) is 0 Å². The molecular weight excluding hydrogens is 259 g/mol. The molecule has 6 heavy (non-hydrogen) atoms. The normalized spacial score (nSPS) is 0. The maximum absolute atomic E-state index is 0. The fourth-order valence-corrected chi connectivity index (χ4v) is 0. The second kappa shape index (κ2) is 391. The van der Waals surface area contributed by atoms with E-state index in [9.17, 15) is 0 Å². The molecule has 6 N–H and O–H groups in total. The van der Waals surface area contributed by atoms with Crippen molar-refractivity contribution in [1.29, 1.82) is 0 Å². The van der Waals surface area contributed by atoms with Gasteiger partial charge in [-0.1, -0.05) is 0 Å². The summed E-state index contributed by atoms with van der Waals surface area (Å²) < 4.78 is 0. The molecule has 0 unspecified atom stereocenters. The van der Waals surface area contributed by atoms with Crippen LogP contribution in [0, 0.1) is 0 Å². The fraction of sp³-hybridized carbons (Fsp3) is 0. The van der Waals surface area contributed by atoms with E-state index in [4.69, 9.17) is 0 Å². The Balaban J connectivity index is 0. The van der Waals surface area contributed by atoms with Crippen LogP contribution < -0.4 is 6.15 Å². The van der Waals surface area contributed by atoms with Gasteiger partial charge in [-0.2, -0.15) is 0 Å². The van der Waals surface area contributed by atoms with Gasteiger partial charge in [-0.3, -0.25) is 0 Å². The van der Waals surface area contributed by atoms with Crippen LogP contribution in [0.3, 0.4) is 0 Å². The van der Waals surface area contributed by atoms with Gasteiger partial charge in [0.2, 0.25) is 0 Å². The van der Waals surface area contributed by atoms with Gasteiger partial charge in [-0.15, -0.1) is 0 Å². The van der Waals surface area contributed by atoms with Crippen molar-refractivity contribution in [1.82, 2.24) is 6.15 Å². The third-order valence-corrected chi connectivity index (χ3v) is 0. The van der Waals surface area contributed by atoms with E-state index >= 15 is 0 Å². The van der Waals surface area contributed by atoms with Crippen LogP contribution in [0.5, 0.6) is 0 Å². The zero-order valence-electron chi connectivity index (χ0n) is 2.92. The van der Waals surface area contributed by atoms with Crippen LogP contribution in [-0.4, -0.2) is 11.0 Å². The number of hydrogen-bond acceptors (Lipinski definition) is 2. The molecule has 5 nitrogen and oxygen atoms in total. The summed E-state index contributed by atoms with van der Waals surface area (Å²) in [5.41, 5.74) is 0.